The summed E-state index contributed by atoms with van der Waals surface area (Å²) in [6.07, 6.45) is 11.3. The van der Waals surface area contributed by atoms with Crippen LogP contribution >= 0.6 is 0 Å². The van der Waals surface area contributed by atoms with Crippen molar-refractivity contribution in [2.75, 3.05) is 0 Å². The van der Waals surface area contributed by atoms with Crippen molar-refractivity contribution >= 4 is 17.2 Å². The van der Waals surface area contributed by atoms with E-state index in [1.54, 1.807) is 0 Å². The van der Waals surface area contributed by atoms with Crippen molar-refractivity contribution in [3.05, 3.63) is 86.6 Å². The van der Waals surface area contributed by atoms with Gasteiger partial charge in [-0.15, -0.1) is 33.4 Å². The van der Waals surface area contributed by atoms with E-state index in [1.807, 2.05) is 0 Å². The third-order valence-corrected chi connectivity index (χ3v) is 4.31. The summed E-state index contributed by atoms with van der Waals surface area (Å²) in [6, 6.07) is 13.1. The first-order valence-electron chi connectivity index (χ1n) is 7.46. The van der Waals surface area contributed by atoms with Gasteiger partial charge in [0, 0.05) is 0 Å². The molecular formula is C21H17I2Zr. The molecule has 24 heavy (non-hydrogen) atoms. The van der Waals surface area contributed by atoms with Crippen molar-refractivity contribution in [2.24, 2.45) is 0 Å². The average Bonchev–Trinajstić information content (AvgIpc) is 3.13. The van der Waals surface area contributed by atoms with Gasteiger partial charge in [-0.2, -0.15) is 0 Å². The Labute approximate surface area is 196 Å². The second-order valence-electron chi connectivity index (χ2n) is 5.91. The Kier molecular flexibility index (Phi) is 8.35. The molecule has 0 nitrogen and oxygen atoms in total. The van der Waals surface area contributed by atoms with Crippen molar-refractivity contribution in [1.29, 1.82) is 0 Å². The van der Waals surface area contributed by atoms with Gasteiger partial charge in [0.2, 0.25) is 0 Å². The summed E-state index contributed by atoms with van der Waals surface area (Å²) in [5, 5.41) is 5.19. The summed E-state index contributed by atoms with van der Waals surface area (Å²) in [6.45, 7) is 4.38. The van der Waals surface area contributed by atoms with Crippen LogP contribution in [0.3, 0.4) is 0 Å². The predicted molar refractivity (Wildman–Crippen MR) is 88.8 cm³/mol. The maximum absolute atomic E-state index is 3.64. The smallest absolute Gasteiger partial charge is 1.00 e. The summed E-state index contributed by atoms with van der Waals surface area (Å²) in [4.78, 5) is 0. The van der Waals surface area contributed by atoms with Crippen molar-refractivity contribution in [3.8, 4) is 0 Å². The van der Waals surface area contributed by atoms with Gasteiger partial charge in [0.05, 0.1) is 0 Å². The average molecular weight is 614 g/mol. The van der Waals surface area contributed by atoms with Crippen LogP contribution in [0.2, 0.25) is 0 Å². The summed E-state index contributed by atoms with van der Waals surface area (Å²) >= 11 is 0. The van der Waals surface area contributed by atoms with Gasteiger partial charge in [0.25, 0.3) is 0 Å². The minimum atomic E-state index is 0. The molecule has 4 rings (SSSR count). The monoisotopic (exact) mass is 613 g/mol. The predicted octanol–water partition coefficient (Wildman–Crippen LogP) is -2.47. The molecule has 0 heterocycles. The fraction of sp³-hybridized carbons (Fsp3) is 0.143. The Bertz CT molecular complexity index is 1030. The number of benzene rings is 2. The Hall–Kier alpha value is 0.00312. The van der Waals surface area contributed by atoms with Gasteiger partial charge >= 0.3 is 26.2 Å². The molecule has 1 radical (unpaired) electrons. The van der Waals surface area contributed by atoms with Gasteiger partial charge < -0.3 is 48.0 Å². The second kappa shape index (κ2) is 9.09. The zero-order valence-corrected chi connectivity index (χ0v) is 20.4. The van der Waals surface area contributed by atoms with Crippen molar-refractivity contribution < 1.29 is 74.2 Å². The van der Waals surface area contributed by atoms with Crippen LogP contribution in [0, 0.1) is 10.4 Å². The molecule has 0 atom stereocenters. The third-order valence-electron chi connectivity index (χ3n) is 4.31. The zero-order chi connectivity index (χ0) is 14.4. The fourth-order valence-electron chi connectivity index (χ4n) is 3.30. The maximum atomic E-state index is 3.64. The Balaban J connectivity index is 0.000000960. The van der Waals surface area contributed by atoms with Gasteiger partial charge in [-0.3, -0.25) is 0 Å². The van der Waals surface area contributed by atoms with E-state index in [4.69, 9.17) is 0 Å². The van der Waals surface area contributed by atoms with E-state index in [2.05, 4.69) is 74.5 Å². The van der Waals surface area contributed by atoms with Crippen LogP contribution in [-0.4, -0.2) is 0 Å². The van der Waals surface area contributed by atoms with Crippen molar-refractivity contribution in [1.82, 2.24) is 0 Å². The van der Waals surface area contributed by atoms with E-state index >= 15 is 0 Å². The molecule has 0 saturated heterocycles. The standard InChI is InChI=1S/C21H17.2HI.Zr/c1-14(2)17-11-12-19-18-10-6-5-9-16(18)13-20(19)21(17)15-7-3-4-8-15;;;/h3-7,9-12H,8H2,1-2H3;2*1H;/q-1;;;+3/p-2. The van der Waals surface area contributed by atoms with Gasteiger partial charge in [-0.1, -0.05) is 70.5 Å². The minimum Gasteiger partial charge on any atom is -1.00 e. The van der Waals surface area contributed by atoms with Crippen LogP contribution in [0.1, 0.15) is 31.4 Å². The van der Waals surface area contributed by atoms with E-state index in [-0.39, 0.29) is 74.2 Å². The number of fused-ring (bicyclic) bond motifs is 2. The molecule has 3 heteroatoms. The van der Waals surface area contributed by atoms with Gasteiger partial charge in [0.15, 0.2) is 0 Å². The molecule has 0 N–H and O–H groups in total. The molecule has 0 spiro atoms. The Morgan fingerprint density at radius 3 is 2.38 bits per heavy atom. The van der Waals surface area contributed by atoms with Crippen molar-refractivity contribution in [3.63, 3.8) is 0 Å². The van der Waals surface area contributed by atoms with Crippen LogP contribution < -0.4 is 58.4 Å². The molecule has 0 aromatic heterocycles. The quantitative estimate of drug-likeness (QED) is 0.211. The van der Waals surface area contributed by atoms with Crippen molar-refractivity contribution in [2.45, 2.75) is 20.3 Å². The molecule has 0 aliphatic heterocycles. The van der Waals surface area contributed by atoms with E-state index in [1.165, 1.54) is 43.1 Å². The molecule has 0 unspecified atom stereocenters. The van der Waals surface area contributed by atoms with Crippen LogP contribution in [0.15, 0.2) is 54.6 Å². The number of hydrogen-bond donors (Lipinski definition) is 0. The van der Waals surface area contributed by atoms with Gasteiger partial charge in [-0.05, 0) is 20.3 Å². The number of allylic oxidation sites excluding steroid dienone is 4. The normalized spacial score (nSPS) is 12.7. The molecule has 0 fully saturated rings. The summed E-state index contributed by atoms with van der Waals surface area (Å²) in [5.74, 6) is 0. The fourth-order valence-corrected chi connectivity index (χ4v) is 3.30. The molecular weight excluding hydrogens is 597 g/mol. The molecule has 2 aliphatic rings. The van der Waals surface area contributed by atoms with E-state index in [9.17, 15) is 0 Å². The molecule has 0 amide bonds. The topological polar surface area (TPSA) is 0 Å². The number of rotatable bonds is 1. The largest absolute Gasteiger partial charge is 3.00 e. The van der Waals surface area contributed by atoms with Crippen LogP contribution in [0.4, 0.5) is 0 Å². The first-order valence-corrected chi connectivity index (χ1v) is 7.46. The first kappa shape index (κ1) is 22.0. The molecule has 119 valence electrons. The van der Waals surface area contributed by atoms with Crippen LogP contribution in [-0.2, 0) is 26.2 Å². The SMILES string of the molecule is CC(C)=c1ccc2c(c1C1=CC=CC1)[C-]=c1ccccc1=2.[I-].[I-].[Zr+3]. The van der Waals surface area contributed by atoms with Gasteiger partial charge in [0.1, 0.15) is 0 Å². The van der Waals surface area contributed by atoms with Crippen LogP contribution in [0.25, 0.3) is 17.2 Å². The van der Waals surface area contributed by atoms with E-state index in [0.29, 0.717) is 0 Å². The third kappa shape index (κ3) is 3.73. The van der Waals surface area contributed by atoms with Gasteiger partial charge in [-0.25, -0.2) is 0 Å². The molecule has 2 aliphatic carbocycles. The number of halogens is 2. The summed E-state index contributed by atoms with van der Waals surface area (Å²) in [5.41, 5.74) is 5.40. The summed E-state index contributed by atoms with van der Waals surface area (Å²) in [7, 11) is 0. The zero-order valence-electron chi connectivity index (χ0n) is 13.7. The molecule has 2 aromatic carbocycles. The van der Waals surface area contributed by atoms with Crippen LogP contribution in [0.5, 0.6) is 0 Å². The second-order valence-corrected chi connectivity index (χ2v) is 5.91. The van der Waals surface area contributed by atoms with E-state index < -0.39 is 0 Å². The minimum absolute atomic E-state index is 0. The maximum Gasteiger partial charge on any atom is 3.00 e. The summed E-state index contributed by atoms with van der Waals surface area (Å²) < 4.78 is 0. The van der Waals surface area contributed by atoms with E-state index in [0.717, 1.165) is 6.42 Å². The first-order chi connectivity index (χ1) is 10.3. The number of hydrogen-bond acceptors (Lipinski definition) is 0. The Morgan fingerprint density at radius 1 is 0.958 bits per heavy atom. The molecule has 0 saturated carbocycles. The Morgan fingerprint density at radius 2 is 1.71 bits per heavy atom. The molecule has 0 bridgehead atoms. The molecule has 2 aromatic rings.